The first-order chi connectivity index (χ1) is 14.5. The largest absolute Gasteiger partial charge is 0.322 e. The lowest BCUT2D eigenvalue weighted by atomic mass is 10.1. The summed E-state index contributed by atoms with van der Waals surface area (Å²) in [6.45, 7) is 3.59. The molecule has 2 aromatic carbocycles. The Labute approximate surface area is 179 Å². The summed E-state index contributed by atoms with van der Waals surface area (Å²) >= 11 is 0. The van der Waals surface area contributed by atoms with E-state index >= 15 is 0 Å². The van der Waals surface area contributed by atoms with Crippen LogP contribution < -0.4 is 10.0 Å². The van der Waals surface area contributed by atoms with Crippen LogP contribution in [0.1, 0.15) is 27.3 Å². The number of hydrogen-bond acceptors (Lipinski definition) is 6. The second-order valence-corrected chi connectivity index (χ2v) is 8.79. The van der Waals surface area contributed by atoms with Crippen molar-refractivity contribution in [1.29, 1.82) is 0 Å². The average molecular weight is 443 g/mol. The third-order valence-corrected chi connectivity index (χ3v) is 5.13. The Kier molecular flexibility index (Phi) is 6.07. The SMILES string of the molecule is Cc1nn(Cc2ccc(C(=O)Nc3ccc(NS(C)(=O)=O)cc3)cc2)c(C)c1[N+](=O)[O-]. The van der Waals surface area contributed by atoms with Crippen LogP contribution in [0.2, 0.25) is 0 Å². The molecular weight excluding hydrogens is 422 g/mol. The third kappa shape index (κ3) is 5.45. The number of hydrogen-bond donors (Lipinski definition) is 2. The van der Waals surface area contributed by atoms with Gasteiger partial charge in [-0.2, -0.15) is 5.10 Å². The lowest BCUT2D eigenvalue weighted by molar-refractivity contribution is -0.386. The highest BCUT2D eigenvalue weighted by Gasteiger charge is 2.21. The minimum absolute atomic E-state index is 0.00810. The molecule has 0 spiro atoms. The van der Waals surface area contributed by atoms with Crippen molar-refractivity contribution in [3.8, 4) is 0 Å². The summed E-state index contributed by atoms with van der Waals surface area (Å²) in [4.78, 5) is 23.2. The number of sulfonamides is 1. The van der Waals surface area contributed by atoms with Crippen molar-refractivity contribution in [2.45, 2.75) is 20.4 Å². The van der Waals surface area contributed by atoms with E-state index in [-0.39, 0.29) is 11.6 Å². The number of amides is 1. The Balaban J connectivity index is 1.67. The first kappa shape index (κ1) is 22.0. The molecule has 0 radical (unpaired) electrons. The Morgan fingerprint density at radius 1 is 1.06 bits per heavy atom. The Hall–Kier alpha value is -3.73. The zero-order valence-electron chi connectivity index (χ0n) is 17.1. The van der Waals surface area contributed by atoms with E-state index < -0.39 is 14.9 Å². The number of aromatic nitrogens is 2. The maximum absolute atomic E-state index is 12.5. The molecule has 2 N–H and O–H groups in total. The molecule has 1 heterocycles. The molecule has 31 heavy (non-hydrogen) atoms. The van der Waals surface area contributed by atoms with Crippen LogP contribution in [0.3, 0.4) is 0 Å². The van der Waals surface area contributed by atoms with Gasteiger partial charge in [-0.25, -0.2) is 8.42 Å². The van der Waals surface area contributed by atoms with Gasteiger partial charge in [0.2, 0.25) is 10.0 Å². The lowest BCUT2D eigenvalue weighted by Gasteiger charge is -2.09. The van der Waals surface area contributed by atoms with Crippen molar-refractivity contribution < 1.29 is 18.1 Å². The summed E-state index contributed by atoms with van der Waals surface area (Å²) in [5.41, 5.74) is 3.02. The van der Waals surface area contributed by atoms with Gasteiger partial charge < -0.3 is 5.32 Å². The van der Waals surface area contributed by atoms with Gasteiger partial charge in [-0.05, 0) is 55.8 Å². The van der Waals surface area contributed by atoms with E-state index in [0.717, 1.165) is 11.8 Å². The molecule has 11 heteroatoms. The molecule has 10 nitrogen and oxygen atoms in total. The predicted molar refractivity (Wildman–Crippen MR) is 117 cm³/mol. The zero-order valence-corrected chi connectivity index (χ0v) is 17.9. The molecule has 0 atom stereocenters. The van der Waals surface area contributed by atoms with E-state index in [1.165, 1.54) is 0 Å². The number of nitro groups is 1. The predicted octanol–water partition coefficient (Wildman–Crippen LogP) is 3.08. The van der Waals surface area contributed by atoms with Crippen molar-refractivity contribution >= 4 is 33.0 Å². The van der Waals surface area contributed by atoms with Crippen LogP contribution in [0.5, 0.6) is 0 Å². The van der Waals surface area contributed by atoms with Crippen molar-refractivity contribution in [3.63, 3.8) is 0 Å². The normalized spacial score (nSPS) is 11.2. The van der Waals surface area contributed by atoms with Crippen LogP contribution in [0.4, 0.5) is 17.1 Å². The summed E-state index contributed by atoms with van der Waals surface area (Å²) in [5.74, 6) is -0.322. The average Bonchev–Trinajstić information content (AvgIpc) is 2.96. The van der Waals surface area contributed by atoms with Crippen LogP contribution >= 0.6 is 0 Å². The van der Waals surface area contributed by atoms with E-state index in [1.807, 2.05) is 0 Å². The molecule has 1 aromatic heterocycles. The Bertz CT molecular complexity index is 1230. The van der Waals surface area contributed by atoms with E-state index in [1.54, 1.807) is 67.1 Å². The highest BCUT2D eigenvalue weighted by Crippen LogP contribution is 2.22. The van der Waals surface area contributed by atoms with Crippen LogP contribution in [0.15, 0.2) is 48.5 Å². The summed E-state index contributed by atoms with van der Waals surface area (Å²) in [7, 11) is -3.37. The number of rotatable bonds is 7. The number of benzene rings is 2. The van der Waals surface area contributed by atoms with Crippen LogP contribution in [0.25, 0.3) is 0 Å². The first-order valence-corrected chi connectivity index (χ1v) is 11.1. The van der Waals surface area contributed by atoms with Crippen LogP contribution in [0, 0.1) is 24.0 Å². The summed E-state index contributed by atoms with van der Waals surface area (Å²) in [6.07, 6.45) is 1.06. The molecule has 1 amide bonds. The van der Waals surface area contributed by atoms with Gasteiger partial charge in [0.05, 0.1) is 17.7 Å². The third-order valence-electron chi connectivity index (χ3n) is 4.52. The molecule has 0 aliphatic carbocycles. The highest BCUT2D eigenvalue weighted by atomic mass is 32.2. The van der Waals surface area contributed by atoms with Gasteiger partial charge in [0.1, 0.15) is 11.4 Å². The van der Waals surface area contributed by atoms with Gasteiger partial charge in [0.25, 0.3) is 5.91 Å². The fraction of sp³-hybridized carbons (Fsp3) is 0.200. The van der Waals surface area contributed by atoms with E-state index in [0.29, 0.717) is 34.9 Å². The first-order valence-electron chi connectivity index (χ1n) is 9.20. The second-order valence-electron chi connectivity index (χ2n) is 7.04. The number of carbonyl (C=O) groups excluding carboxylic acids is 1. The van der Waals surface area contributed by atoms with Crippen LogP contribution in [-0.4, -0.2) is 35.3 Å². The minimum Gasteiger partial charge on any atom is -0.322 e. The standard InChI is InChI=1S/C20H21N5O5S/c1-13-19(25(27)28)14(2)24(22-13)12-15-4-6-16(7-5-15)20(26)21-17-8-10-18(11-9-17)23-31(3,29)30/h4-11,23H,12H2,1-3H3,(H,21,26). The van der Waals surface area contributed by atoms with Crippen molar-refractivity contribution in [3.05, 3.63) is 81.2 Å². The van der Waals surface area contributed by atoms with Crippen LogP contribution in [-0.2, 0) is 16.6 Å². The van der Waals surface area contributed by atoms with Gasteiger partial charge in [0.15, 0.2) is 0 Å². The molecule has 0 saturated heterocycles. The maximum atomic E-state index is 12.5. The Morgan fingerprint density at radius 3 is 2.16 bits per heavy atom. The number of nitrogens with zero attached hydrogens (tertiary/aromatic N) is 3. The second kappa shape index (κ2) is 8.56. The molecule has 0 saturated carbocycles. The molecule has 0 aliphatic rings. The molecular formula is C20H21N5O5S. The van der Waals surface area contributed by atoms with Crippen molar-refractivity contribution in [2.75, 3.05) is 16.3 Å². The topological polar surface area (TPSA) is 136 Å². The smallest absolute Gasteiger partial charge is 0.312 e. The fourth-order valence-corrected chi connectivity index (χ4v) is 3.64. The van der Waals surface area contributed by atoms with Crippen molar-refractivity contribution in [2.24, 2.45) is 0 Å². The number of nitrogens with one attached hydrogen (secondary N) is 2. The van der Waals surface area contributed by atoms with Crippen molar-refractivity contribution in [1.82, 2.24) is 9.78 Å². The van der Waals surface area contributed by atoms with Gasteiger partial charge >= 0.3 is 5.69 Å². The molecule has 0 bridgehead atoms. The lowest BCUT2D eigenvalue weighted by Crippen LogP contribution is -2.13. The quantitative estimate of drug-likeness (QED) is 0.425. The van der Waals surface area contributed by atoms with Gasteiger partial charge in [0, 0.05) is 16.9 Å². The molecule has 3 aromatic rings. The van der Waals surface area contributed by atoms with Gasteiger partial charge in [-0.1, -0.05) is 12.1 Å². The van der Waals surface area contributed by atoms with Gasteiger partial charge in [-0.3, -0.25) is 24.3 Å². The summed E-state index contributed by atoms with van der Waals surface area (Å²) in [6, 6.07) is 13.1. The highest BCUT2D eigenvalue weighted by molar-refractivity contribution is 7.92. The summed E-state index contributed by atoms with van der Waals surface area (Å²) in [5, 5.41) is 18.1. The monoisotopic (exact) mass is 443 g/mol. The minimum atomic E-state index is -3.37. The number of anilines is 2. The molecule has 0 aliphatic heterocycles. The number of aryl methyl sites for hydroxylation is 1. The fourth-order valence-electron chi connectivity index (χ4n) is 3.08. The molecule has 0 fully saturated rings. The molecule has 162 valence electrons. The maximum Gasteiger partial charge on any atom is 0.312 e. The van der Waals surface area contributed by atoms with E-state index in [4.69, 9.17) is 0 Å². The Morgan fingerprint density at radius 2 is 1.65 bits per heavy atom. The van der Waals surface area contributed by atoms with E-state index in [9.17, 15) is 23.3 Å². The van der Waals surface area contributed by atoms with E-state index in [2.05, 4.69) is 15.1 Å². The zero-order chi connectivity index (χ0) is 22.8. The number of carbonyl (C=O) groups is 1. The van der Waals surface area contributed by atoms with Gasteiger partial charge in [-0.15, -0.1) is 0 Å². The molecule has 0 unspecified atom stereocenters. The molecule has 3 rings (SSSR count). The summed E-state index contributed by atoms with van der Waals surface area (Å²) < 4.78 is 26.4.